The number of rotatable bonds is 2. The van der Waals surface area contributed by atoms with Crippen LogP contribution in [-0.2, 0) is 6.42 Å². The fourth-order valence-corrected chi connectivity index (χ4v) is 2.94. The van der Waals surface area contributed by atoms with Crippen molar-refractivity contribution in [3.8, 4) is 0 Å². The third-order valence-electron chi connectivity index (χ3n) is 4.33. The van der Waals surface area contributed by atoms with Gasteiger partial charge in [-0.05, 0) is 37.0 Å². The van der Waals surface area contributed by atoms with Crippen LogP contribution in [0.5, 0.6) is 0 Å². The van der Waals surface area contributed by atoms with Crippen LogP contribution in [0.4, 0.5) is 0 Å². The van der Waals surface area contributed by atoms with Gasteiger partial charge in [0.05, 0.1) is 18.9 Å². The number of hydrogen-bond donors (Lipinski definition) is 1. The number of carbonyl (C=O) groups is 1. The van der Waals surface area contributed by atoms with Crippen LogP contribution in [0.3, 0.4) is 0 Å². The Morgan fingerprint density at radius 1 is 1.38 bits per heavy atom. The van der Waals surface area contributed by atoms with E-state index in [2.05, 4.69) is 6.07 Å². The molecular weight excluding hydrogens is 266 g/mol. The normalized spacial score (nSPS) is 17.7. The molecule has 0 fully saturated rings. The van der Waals surface area contributed by atoms with E-state index < -0.39 is 0 Å². The Hall–Kier alpha value is -2.07. The average Bonchev–Trinajstić information content (AvgIpc) is 2.85. The zero-order valence-corrected chi connectivity index (χ0v) is 12.3. The van der Waals surface area contributed by atoms with Gasteiger partial charge in [-0.2, -0.15) is 0 Å². The predicted octanol–water partition coefficient (Wildman–Crippen LogP) is 2.63. The Kier molecular flexibility index (Phi) is 3.55. The lowest BCUT2D eigenvalue weighted by molar-refractivity contribution is 0.0536. The number of nitrogens with zero attached hydrogens (tertiary/aromatic N) is 1. The van der Waals surface area contributed by atoms with Gasteiger partial charge in [-0.25, -0.2) is 0 Å². The first kappa shape index (κ1) is 13.9. The molecule has 1 amide bonds. The summed E-state index contributed by atoms with van der Waals surface area (Å²) in [6.07, 6.45) is 2.41. The quantitative estimate of drug-likeness (QED) is 0.923. The largest absolute Gasteiger partial charge is 0.459 e. The molecule has 2 aromatic rings. The molecule has 1 aromatic carbocycles. The van der Waals surface area contributed by atoms with Gasteiger partial charge in [-0.1, -0.05) is 24.3 Å². The molecule has 1 N–H and O–H groups in total. The minimum absolute atomic E-state index is 0.0819. The number of aliphatic hydroxyl groups is 1. The lowest BCUT2D eigenvalue weighted by atomic mass is 9.92. The Labute approximate surface area is 124 Å². The smallest absolute Gasteiger partial charge is 0.290 e. The third kappa shape index (κ3) is 2.25. The van der Waals surface area contributed by atoms with Gasteiger partial charge in [-0.3, -0.25) is 4.79 Å². The number of amides is 1. The first-order chi connectivity index (χ1) is 10.1. The van der Waals surface area contributed by atoms with E-state index in [0.717, 1.165) is 23.1 Å². The number of aryl methyl sites for hydroxylation is 1. The van der Waals surface area contributed by atoms with E-state index in [0.29, 0.717) is 12.3 Å². The monoisotopic (exact) mass is 285 g/mol. The predicted molar refractivity (Wildman–Crippen MR) is 79.2 cm³/mol. The van der Waals surface area contributed by atoms with Crippen molar-refractivity contribution in [2.75, 3.05) is 13.2 Å². The summed E-state index contributed by atoms with van der Waals surface area (Å²) in [5, 5.41) is 9.75. The Morgan fingerprint density at radius 3 is 2.81 bits per heavy atom. The summed E-state index contributed by atoms with van der Waals surface area (Å²) in [4.78, 5) is 14.4. The van der Waals surface area contributed by atoms with Gasteiger partial charge >= 0.3 is 0 Å². The van der Waals surface area contributed by atoms with Crippen molar-refractivity contribution in [3.05, 3.63) is 58.5 Å². The van der Waals surface area contributed by atoms with Gasteiger partial charge in [0.15, 0.2) is 5.76 Å². The molecule has 0 radical (unpaired) electrons. The maximum atomic E-state index is 12.7. The van der Waals surface area contributed by atoms with Gasteiger partial charge in [-0.15, -0.1) is 0 Å². The highest BCUT2D eigenvalue weighted by molar-refractivity contribution is 5.93. The molecule has 1 unspecified atom stereocenters. The zero-order chi connectivity index (χ0) is 15.0. The second kappa shape index (κ2) is 5.37. The molecule has 21 heavy (non-hydrogen) atoms. The fraction of sp³-hybridized carbons (Fsp3) is 0.353. The van der Waals surface area contributed by atoms with Crippen molar-refractivity contribution in [1.29, 1.82) is 0 Å². The topological polar surface area (TPSA) is 53.7 Å². The molecule has 0 aliphatic carbocycles. The Bertz CT molecular complexity index is 674. The van der Waals surface area contributed by atoms with Gasteiger partial charge in [0.2, 0.25) is 0 Å². The maximum absolute atomic E-state index is 12.7. The highest BCUT2D eigenvalue weighted by Gasteiger charge is 2.32. The second-order valence-corrected chi connectivity index (χ2v) is 5.52. The van der Waals surface area contributed by atoms with Crippen molar-refractivity contribution in [2.24, 2.45) is 0 Å². The van der Waals surface area contributed by atoms with Crippen molar-refractivity contribution in [3.63, 3.8) is 0 Å². The molecule has 0 spiro atoms. The van der Waals surface area contributed by atoms with Gasteiger partial charge in [0, 0.05) is 12.1 Å². The van der Waals surface area contributed by atoms with Crippen LogP contribution in [0.15, 0.2) is 34.9 Å². The van der Waals surface area contributed by atoms with E-state index in [4.69, 9.17) is 4.42 Å². The summed E-state index contributed by atoms with van der Waals surface area (Å²) in [5.74, 6) is 0.236. The van der Waals surface area contributed by atoms with Crippen LogP contribution in [0.25, 0.3) is 0 Å². The molecule has 110 valence electrons. The average molecular weight is 285 g/mol. The number of aliphatic hydroxyl groups excluding tert-OH is 1. The number of furan rings is 1. The van der Waals surface area contributed by atoms with Crippen LogP contribution in [0.2, 0.25) is 0 Å². The summed E-state index contributed by atoms with van der Waals surface area (Å²) in [6, 6.07) is 7.67. The van der Waals surface area contributed by atoms with Crippen LogP contribution in [0, 0.1) is 13.8 Å². The van der Waals surface area contributed by atoms with E-state index in [1.54, 1.807) is 11.2 Å². The summed E-state index contributed by atoms with van der Waals surface area (Å²) >= 11 is 0. The van der Waals surface area contributed by atoms with E-state index in [1.807, 2.05) is 32.0 Å². The summed E-state index contributed by atoms with van der Waals surface area (Å²) in [6.45, 7) is 4.32. The first-order valence-corrected chi connectivity index (χ1v) is 7.17. The molecule has 1 aliphatic rings. The Balaban J connectivity index is 1.96. The van der Waals surface area contributed by atoms with E-state index in [-0.39, 0.29) is 18.6 Å². The minimum atomic E-state index is -0.299. The molecule has 1 atom stereocenters. The SMILES string of the molecule is Cc1coc(C(=O)N2CCc3ccccc3C2CO)c1C. The highest BCUT2D eigenvalue weighted by Crippen LogP contribution is 2.31. The molecule has 0 saturated heterocycles. The number of benzene rings is 1. The van der Waals surface area contributed by atoms with Crippen LogP contribution in [-0.4, -0.2) is 29.1 Å². The van der Waals surface area contributed by atoms with Crippen molar-refractivity contribution < 1.29 is 14.3 Å². The van der Waals surface area contributed by atoms with Crippen molar-refractivity contribution in [2.45, 2.75) is 26.3 Å². The molecule has 2 heterocycles. The fourth-order valence-electron chi connectivity index (χ4n) is 2.94. The van der Waals surface area contributed by atoms with Gasteiger partial charge in [0.1, 0.15) is 0 Å². The molecule has 0 saturated carbocycles. The molecule has 3 rings (SSSR count). The molecule has 1 aliphatic heterocycles. The van der Waals surface area contributed by atoms with Crippen LogP contribution in [0.1, 0.15) is 38.9 Å². The molecule has 4 heteroatoms. The van der Waals surface area contributed by atoms with Gasteiger partial charge < -0.3 is 14.4 Å². The maximum Gasteiger partial charge on any atom is 0.290 e. The molecule has 0 bridgehead atoms. The lowest BCUT2D eigenvalue weighted by Gasteiger charge is -2.36. The van der Waals surface area contributed by atoms with Crippen LogP contribution < -0.4 is 0 Å². The summed E-state index contributed by atoms with van der Waals surface area (Å²) in [7, 11) is 0. The van der Waals surface area contributed by atoms with Gasteiger partial charge in [0.25, 0.3) is 5.91 Å². The second-order valence-electron chi connectivity index (χ2n) is 5.52. The molecule has 1 aromatic heterocycles. The van der Waals surface area contributed by atoms with E-state index in [1.165, 1.54) is 5.56 Å². The molecular formula is C17H19NO3. The number of hydrogen-bond acceptors (Lipinski definition) is 3. The third-order valence-corrected chi connectivity index (χ3v) is 4.33. The number of carbonyl (C=O) groups excluding carboxylic acids is 1. The first-order valence-electron chi connectivity index (χ1n) is 7.17. The lowest BCUT2D eigenvalue weighted by Crippen LogP contribution is -2.41. The van der Waals surface area contributed by atoms with Crippen LogP contribution >= 0.6 is 0 Å². The molecule has 4 nitrogen and oxygen atoms in total. The summed E-state index contributed by atoms with van der Waals surface area (Å²) in [5.41, 5.74) is 4.07. The minimum Gasteiger partial charge on any atom is -0.459 e. The van der Waals surface area contributed by atoms with E-state index in [9.17, 15) is 9.90 Å². The highest BCUT2D eigenvalue weighted by atomic mass is 16.3. The van der Waals surface area contributed by atoms with Crippen molar-refractivity contribution >= 4 is 5.91 Å². The Morgan fingerprint density at radius 2 is 2.14 bits per heavy atom. The summed E-state index contributed by atoms with van der Waals surface area (Å²) < 4.78 is 5.42. The standard InChI is InChI=1S/C17H19NO3/c1-11-10-21-16(12(11)2)17(20)18-8-7-13-5-3-4-6-14(13)15(18)9-19/h3-6,10,15,19H,7-9H2,1-2H3. The van der Waals surface area contributed by atoms with Crippen molar-refractivity contribution in [1.82, 2.24) is 4.90 Å². The van der Waals surface area contributed by atoms with E-state index >= 15 is 0 Å². The zero-order valence-electron chi connectivity index (χ0n) is 12.3. The number of fused-ring (bicyclic) bond motifs is 1.